The number of imidazole rings is 1. The van der Waals surface area contributed by atoms with Crippen molar-refractivity contribution in [3.63, 3.8) is 0 Å². The van der Waals surface area contributed by atoms with Crippen LogP contribution in [0.2, 0.25) is 0 Å². The molecule has 15 aromatic rings. The molecule has 4 heterocycles. The van der Waals surface area contributed by atoms with E-state index in [1.54, 1.807) is 100 Å². The number of ether oxygens (including phenoxy) is 1. The van der Waals surface area contributed by atoms with E-state index in [2.05, 4.69) is 37.7 Å². The number of benzene rings is 12. The predicted molar refractivity (Wildman–Crippen MR) is 377 cm³/mol. The van der Waals surface area contributed by atoms with Crippen LogP contribution in [0.15, 0.2) is 273 Å². The molecule has 3 aromatic heterocycles. The molecule has 91 heavy (non-hydrogen) atoms. The third-order valence-electron chi connectivity index (χ3n) is 16.8. The van der Waals surface area contributed by atoms with E-state index in [1.807, 2.05) is 48.5 Å². The Hall–Kier alpha value is -11.1. The van der Waals surface area contributed by atoms with Gasteiger partial charge in [-0.1, -0.05) is 196 Å². The number of hydrogen-bond acceptors (Lipinski definition) is 2. The molecule has 436 valence electrons. The molecule has 5 nitrogen and oxygen atoms in total. The number of aryl methyl sites for hydroxylation is 4. The number of aromatic nitrogens is 4. The van der Waals surface area contributed by atoms with E-state index in [-0.39, 0.29) is 72.5 Å². The van der Waals surface area contributed by atoms with Crippen LogP contribution in [0.3, 0.4) is 0 Å². The van der Waals surface area contributed by atoms with Crippen molar-refractivity contribution in [1.82, 2.24) is 14.1 Å². The molecule has 0 atom stereocenters. The molecule has 0 fully saturated rings. The molecule has 0 spiro atoms. The molecule has 0 saturated carbocycles. The van der Waals surface area contributed by atoms with Gasteiger partial charge in [0.05, 0.1) is 51.3 Å². The van der Waals surface area contributed by atoms with Gasteiger partial charge in [0.15, 0.2) is 0 Å². The lowest BCUT2D eigenvalue weighted by Gasteiger charge is -2.23. The monoisotopic (exact) mass is 1200 g/mol. The van der Waals surface area contributed by atoms with Crippen LogP contribution in [0.25, 0.3) is 139 Å². The van der Waals surface area contributed by atoms with Crippen molar-refractivity contribution in [3.05, 3.63) is 307 Å². The SMILES string of the molecule is [2H]c1c([2H])c([2H])c(-c2c([2H])c(-c3cc4c5c(c3)n(-c3cccc(Oc6ccc7c8ccccc8n(-c8cc(C(C)(C)C)ccn8)c7c6)c3)[c-][n+]5-c3c(cc(-c5c(C([2H])([2H])[2H])cccc5C([2H])([2H])[2H])cc3-c3c(C([2H])([2H])[2H])cccc3C([2H])([2H])[2H])-c3ccccc3-c3ccccc3-4)c([2H])c(-c3c([2H])c([2H])c([2H])c([2H])c3[2H])c2[2H])c([2H])c1[2H]. The number of rotatable bonds is 9. The van der Waals surface area contributed by atoms with Gasteiger partial charge in [0.2, 0.25) is 0 Å². The maximum absolute atomic E-state index is 10.5. The highest BCUT2D eigenvalue weighted by Gasteiger charge is 2.30. The van der Waals surface area contributed by atoms with Gasteiger partial charge in [-0.25, -0.2) is 4.98 Å². The summed E-state index contributed by atoms with van der Waals surface area (Å²) in [6.45, 7) is -5.90. The van der Waals surface area contributed by atoms with Crippen molar-refractivity contribution >= 4 is 32.8 Å². The van der Waals surface area contributed by atoms with E-state index < -0.39 is 156 Å². The van der Waals surface area contributed by atoms with Gasteiger partial charge in [0.1, 0.15) is 17.3 Å². The summed E-state index contributed by atoms with van der Waals surface area (Å²) >= 11 is 0. The second-order valence-electron chi connectivity index (χ2n) is 23.4. The van der Waals surface area contributed by atoms with Crippen LogP contribution in [0.1, 0.15) is 82.9 Å². The average molecular weight is 1200 g/mol. The van der Waals surface area contributed by atoms with Crippen molar-refractivity contribution in [1.29, 1.82) is 0 Å². The van der Waals surface area contributed by atoms with Gasteiger partial charge in [-0.3, -0.25) is 13.7 Å². The van der Waals surface area contributed by atoms with E-state index in [1.165, 1.54) is 48.5 Å². The maximum Gasteiger partial charge on any atom is 0.269 e. The first kappa shape index (κ1) is 34.6. The third-order valence-corrected chi connectivity index (χ3v) is 16.8. The van der Waals surface area contributed by atoms with Crippen molar-refractivity contribution in [2.24, 2.45) is 0 Å². The summed E-state index contributed by atoms with van der Waals surface area (Å²) in [6, 6.07) is 41.3. The highest BCUT2D eigenvalue weighted by atomic mass is 16.5. The van der Waals surface area contributed by atoms with Crippen molar-refractivity contribution in [2.75, 3.05) is 0 Å². The van der Waals surface area contributed by atoms with Gasteiger partial charge in [-0.2, -0.15) is 0 Å². The normalized spacial score (nSPS) is 16.4. The van der Waals surface area contributed by atoms with Crippen LogP contribution in [0.5, 0.6) is 11.5 Å². The van der Waals surface area contributed by atoms with Crippen LogP contribution in [0, 0.1) is 33.7 Å². The number of para-hydroxylation sites is 1. The summed E-state index contributed by atoms with van der Waals surface area (Å²) in [6.07, 6.45) is 5.39. The van der Waals surface area contributed by atoms with Crippen molar-refractivity contribution < 1.29 is 43.6 Å². The van der Waals surface area contributed by atoms with Crippen LogP contribution in [-0.4, -0.2) is 14.1 Å². The van der Waals surface area contributed by atoms with Crippen molar-refractivity contribution in [2.45, 2.75) is 53.6 Å². The molecule has 0 radical (unpaired) electrons. The average Bonchev–Trinajstić information content (AvgIpc) is 1.44. The zero-order valence-corrected chi connectivity index (χ0v) is 49.2. The smallest absolute Gasteiger partial charge is 0.269 e. The minimum Gasteiger partial charge on any atom is -0.458 e. The van der Waals surface area contributed by atoms with Crippen LogP contribution in [-0.2, 0) is 5.41 Å². The standard InChI is InChI=1S/C86H66N4O/c1-54-23-20-24-55(2)82(54)64-47-75-71-35-16-14-33-69(71)70-34-15-17-36-72(70)76-46-63(62-44-60(58-27-10-8-11-28-58)43-61(45-62)59-29-12-9-13-30-59)49-80-85(76)89(84(75)77(48-64)83-56(3)25-21-26-57(83)4)53-88(80)66-31-22-32-67(51-66)91-68-39-40-74-73-37-18-19-38-78(73)90(79(74)52-68)81-50-65(41-42-87-81)86(5,6)7/h8-52H,1-7H3/i1D3,2D3,3D3,4D3,8D,9D,10D,11D,12D,13D,27D,28D,29D,30D,43D,44D,45D. The molecule has 0 bridgehead atoms. The molecule has 5 heteroatoms. The van der Waals surface area contributed by atoms with Gasteiger partial charge in [-0.15, -0.1) is 0 Å². The summed E-state index contributed by atoms with van der Waals surface area (Å²) in [5, 5.41) is 1.85. The molecule has 0 amide bonds. The molecule has 0 unspecified atom stereocenters. The molecule has 1 aliphatic rings. The Morgan fingerprint density at radius 2 is 0.989 bits per heavy atom. The predicted octanol–water partition coefficient (Wildman–Crippen LogP) is 22.2. The quantitative estimate of drug-likeness (QED) is 0.107. The molecular weight excluding hydrogens is 1100 g/mol. The Morgan fingerprint density at radius 3 is 1.64 bits per heavy atom. The number of fused-ring (bicyclic) bond motifs is 10. The fraction of sp³-hybridized carbons (Fsp3) is 0.0930. The van der Waals surface area contributed by atoms with Gasteiger partial charge in [-0.05, 0) is 235 Å². The van der Waals surface area contributed by atoms with Gasteiger partial charge in [0.25, 0.3) is 6.33 Å². The minimum atomic E-state index is -3.12. The Kier molecular flexibility index (Phi) is 8.31. The molecule has 0 aliphatic carbocycles. The fourth-order valence-corrected chi connectivity index (χ4v) is 12.7. The summed E-state index contributed by atoms with van der Waals surface area (Å²) in [5.74, 6) is 1.29. The molecule has 12 aromatic carbocycles. The Bertz CT molecular complexity index is 6500. The van der Waals surface area contributed by atoms with Gasteiger partial charge < -0.3 is 4.74 Å². The first-order chi connectivity index (χ1) is 54.7. The minimum absolute atomic E-state index is 0.00208. The lowest BCUT2D eigenvalue weighted by molar-refractivity contribution is -0.570. The highest BCUT2D eigenvalue weighted by molar-refractivity contribution is 6.10. The largest absolute Gasteiger partial charge is 0.458 e. The second-order valence-corrected chi connectivity index (χ2v) is 23.4. The van der Waals surface area contributed by atoms with E-state index in [4.69, 9.17) is 26.2 Å². The highest BCUT2D eigenvalue weighted by Crippen LogP contribution is 2.49. The van der Waals surface area contributed by atoms with Crippen LogP contribution >= 0.6 is 0 Å². The maximum atomic E-state index is 10.5. The topological polar surface area (TPSA) is 35.9 Å². The van der Waals surface area contributed by atoms with E-state index in [0.717, 1.165) is 27.4 Å². The summed E-state index contributed by atoms with van der Waals surface area (Å²) in [4.78, 5) is 4.88. The van der Waals surface area contributed by atoms with Gasteiger partial charge >= 0.3 is 0 Å². The number of hydrogen-bond donors (Lipinski definition) is 0. The fourth-order valence-electron chi connectivity index (χ4n) is 12.7. The van der Waals surface area contributed by atoms with Crippen LogP contribution in [0.4, 0.5) is 0 Å². The first-order valence-corrected chi connectivity index (χ1v) is 29.4. The Labute approximate surface area is 567 Å². The zero-order chi connectivity index (χ0) is 83.0. The summed E-state index contributed by atoms with van der Waals surface area (Å²) in [7, 11) is 0. The third kappa shape index (κ3) is 9.55. The number of pyridine rings is 1. The van der Waals surface area contributed by atoms with Gasteiger partial charge in [0, 0.05) is 39.5 Å². The molecular formula is C86H66N4O. The summed E-state index contributed by atoms with van der Waals surface area (Å²) in [5.41, 5.74) is -0.884. The zero-order valence-electron chi connectivity index (χ0n) is 74.2. The van der Waals surface area contributed by atoms with E-state index in [0.29, 0.717) is 33.8 Å². The lowest BCUT2D eigenvalue weighted by atomic mass is 9.84. The Morgan fingerprint density at radius 1 is 0.440 bits per heavy atom. The first-order valence-electron chi connectivity index (χ1n) is 41.9. The Balaban J connectivity index is 1.09. The second kappa shape index (κ2) is 21.9. The van der Waals surface area contributed by atoms with E-state index >= 15 is 0 Å². The molecule has 1 aliphatic heterocycles. The molecule has 16 rings (SSSR count). The lowest BCUT2D eigenvalue weighted by Crippen LogP contribution is -2.32. The van der Waals surface area contributed by atoms with E-state index in [9.17, 15) is 17.8 Å². The summed E-state index contributed by atoms with van der Waals surface area (Å²) < 4.78 is 243. The number of nitrogens with zero attached hydrogens (tertiary/aromatic N) is 4. The molecule has 0 saturated heterocycles. The van der Waals surface area contributed by atoms with Crippen LogP contribution < -0.4 is 9.30 Å². The van der Waals surface area contributed by atoms with Crippen molar-refractivity contribution in [3.8, 4) is 118 Å². The molecule has 0 N–H and O–H groups in total.